The lowest BCUT2D eigenvalue weighted by molar-refractivity contribution is -0.122. The Bertz CT molecular complexity index is 1490. The summed E-state index contributed by atoms with van der Waals surface area (Å²) in [6, 6.07) is 13.3. The fraction of sp³-hybridized carbons (Fsp3) is 0.111. The predicted molar refractivity (Wildman–Crippen MR) is 141 cm³/mol. The van der Waals surface area contributed by atoms with E-state index in [0.717, 1.165) is 12.1 Å². The summed E-state index contributed by atoms with van der Waals surface area (Å²) in [6.45, 7) is -0.413. The number of benzene rings is 3. The molecular formula is C27H21ClFN3O7. The molecule has 12 heteroatoms. The molecule has 3 aromatic rings. The number of amides is 5. The molecule has 5 amide bonds. The molecular weight excluding hydrogens is 533 g/mol. The van der Waals surface area contributed by atoms with Crippen LogP contribution in [0.25, 0.3) is 6.08 Å². The topological polar surface area (TPSA) is 123 Å². The van der Waals surface area contributed by atoms with Gasteiger partial charge in [0, 0.05) is 0 Å². The van der Waals surface area contributed by atoms with E-state index in [1.807, 2.05) is 0 Å². The van der Waals surface area contributed by atoms with Crippen LogP contribution >= 0.6 is 11.6 Å². The minimum absolute atomic E-state index is 0.0291. The summed E-state index contributed by atoms with van der Waals surface area (Å²) in [6.07, 6.45) is 1.22. The van der Waals surface area contributed by atoms with E-state index in [9.17, 15) is 23.6 Å². The quantitative estimate of drug-likeness (QED) is 0.317. The summed E-state index contributed by atoms with van der Waals surface area (Å²) in [4.78, 5) is 51.0. The van der Waals surface area contributed by atoms with Crippen molar-refractivity contribution in [3.05, 3.63) is 82.6 Å². The molecule has 10 nitrogen and oxygen atoms in total. The molecule has 0 radical (unpaired) electrons. The van der Waals surface area contributed by atoms with Crippen LogP contribution in [0, 0.1) is 5.82 Å². The maximum atomic E-state index is 13.3. The van der Waals surface area contributed by atoms with Crippen molar-refractivity contribution in [3.8, 4) is 17.2 Å². The third-order valence-corrected chi connectivity index (χ3v) is 5.76. The van der Waals surface area contributed by atoms with Crippen LogP contribution in [-0.4, -0.2) is 44.6 Å². The molecule has 0 aromatic heterocycles. The van der Waals surface area contributed by atoms with Crippen LogP contribution in [0.2, 0.25) is 5.02 Å². The molecule has 0 atom stereocenters. The number of carbonyl (C=O) groups excluding carboxylic acids is 4. The molecule has 0 spiro atoms. The smallest absolute Gasteiger partial charge is 0.335 e. The molecule has 3 aromatic carbocycles. The molecule has 1 aliphatic heterocycles. The molecule has 4 rings (SSSR count). The zero-order valence-corrected chi connectivity index (χ0v) is 21.4. The number of carbonyl (C=O) groups is 4. The Hall–Kier alpha value is -4.90. The second kappa shape index (κ2) is 11.7. The van der Waals surface area contributed by atoms with Gasteiger partial charge in [-0.25, -0.2) is 14.1 Å². The molecule has 0 bridgehead atoms. The van der Waals surface area contributed by atoms with Gasteiger partial charge in [-0.05, 0) is 60.2 Å². The fourth-order valence-electron chi connectivity index (χ4n) is 3.68. The first-order chi connectivity index (χ1) is 18.7. The highest BCUT2D eigenvalue weighted by atomic mass is 35.5. The second-order valence-electron chi connectivity index (χ2n) is 8.01. The number of barbiturate groups is 1. The fourth-order valence-corrected chi connectivity index (χ4v) is 3.96. The van der Waals surface area contributed by atoms with Crippen molar-refractivity contribution in [1.82, 2.24) is 5.32 Å². The van der Waals surface area contributed by atoms with Crippen molar-refractivity contribution >= 4 is 52.8 Å². The minimum Gasteiger partial charge on any atom is -0.495 e. The van der Waals surface area contributed by atoms with Gasteiger partial charge in [-0.1, -0.05) is 23.7 Å². The summed E-state index contributed by atoms with van der Waals surface area (Å²) in [7, 11) is 2.82. The highest BCUT2D eigenvalue weighted by molar-refractivity contribution is 6.39. The third kappa shape index (κ3) is 5.99. The van der Waals surface area contributed by atoms with Crippen LogP contribution in [0.3, 0.4) is 0 Å². The zero-order valence-electron chi connectivity index (χ0n) is 20.6. The number of methoxy groups -OCH3 is 2. The first-order valence-electron chi connectivity index (χ1n) is 11.3. The van der Waals surface area contributed by atoms with E-state index in [0.29, 0.717) is 16.3 Å². The lowest BCUT2D eigenvalue weighted by Gasteiger charge is -2.26. The Morgan fingerprint density at radius 3 is 2.41 bits per heavy atom. The second-order valence-corrected chi connectivity index (χ2v) is 8.41. The van der Waals surface area contributed by atoms with E-state index in [1.165, 1.54) is 44.6 Å². The Balaban J connectivity index is 1.55. The first-order valence-corrected chi connectivity index (χ1v) is 11.7. The van der Waals surface area contributed by atoms with Gasteiger partial charge in [0.05, 0.1) is 30.6 Å². The number of rotatable bonds is 8. The van der Waals surface area contributed by atoms with Crippen molar-refractivity contribution in [2.75, 3.05) is 31.0 Å². The molecule has 2 N–H and O–H groups in total. The maximum absolute atomic E-state index is 13.3. The van der Waals surface area contributed by atoms with Crippen LogP contribution in [-0.2, 0) is 14.4 Å². The average molecular weight is 554 g/mol. The monoisotopic (exact) mass is 553 g/mol. The van der Waals surface area contributed by atoms with Gasteiger partial charge in [0.25, 0.3) is 17.7 Å². The summed E-state index contributed by atoms with van der Waals surface area (Å²) < 4.78 is 29.5. The minimum atomic E-state index is -0.973. The summed E-state index contributed by atoms with van der Waals surface area (Å²) in [5, 5.41) is 4.78. The van der Waals surface area contributed by atoms with Gasteiger partial charge in [-0.3, -0.25) is 19.7 Å². The number of nitrogens with zero attached hydrogens (tertiary/aromatic N) is 1. The molecule has 1 heterocycles. The van der Waals surface area contributed by atoms with E-state index in [2.05, 4.69) is 10.6 Å². The van der Waals surface area contributed by atoms with E-state index in [1.54, 1.807) is 24.3 Å². The average Bonchev–Trinajstić information content (AvgIpc) is 2.91. The molecule has 0 saturated carbocycles. The molecule has 39 heavy (non-hydrogen) atoms. The van der Waals surface area contributed by atoms with Gasteiger partial charge in [0.2, 0.25) is 0 Å². The zero-order chi connectivity index (χ0) is 28.1. The number of anilines is 2. The predicted octanol–water partition coefficient (Wildman–Crippen LogP) is 4.18. The largest absolute Gasteiger partial charge is 0.495 e. The van der Waals surface area contributed by atoms with E-state index < -0.39 is 36.2 Å². The van der Waals surface area contributed by atoms with Crippen LogP contribution in [0.5, 0.6) is 17.2 Å². The lowest BCUT2D eigenvalue weighted by atomic mass is 10.1. The van der Waals surface area contributed by atoms with Crippen molar-refractivity contribution < 1.29 is 37.8 Å². The number of urea groups is 1. The van der Waals surface area contributed by atoms with Crippen molar-refractivity contribution in [2.24, 2.45) is 0 Å². The summed E-state index contributed by atoms with van der Waals surface area (Å²) in [5.41, 5.74) is 0.428. The standard InChI is InChI=1S/C27H21ClFN3O7/c1-37-21-6-4-3-5-20(21)30-23(33)14-39-24-19(28)12-15(13-22(24)38-2)11-18-25(34)31-27(36)32(26(18)35)17-9-7-16(29)8-10-17/h3-13H,14H2,1-2H3,(H,30,33)(H,31,34,36)/b18-11+. The number of hydrogen-bond acceptors (Lipinski definition) is 7. The molecule has 0 aliphatic carbocycles. The first kappa shape index (κ1) is 27.1. The molecule has 1 saturated heterocycles. The molecule has 0 unspecified atom stereocenters. The number of ether oxygens (including phenoxy) is 3. The van der Waals surface area contributed by atoms with Crippen LogP contribution in [0.1, 0.15) is 5.56 Å². The van der Waals surface area contributed by atoms with Crippen LogP contribution in [0.15, 0.2) is 66.2 Å². The van der Waals surface area contributed by atoms with E-state index in [-0.39, 0.29) is 33.3 Å². The highest BCUT2D eigenvalue weighted by Gasteiger charge is 2.37. The number of nitrogens with one attached hydrogen (secondary N) is 2. The van der Waals surface area contributed by atoms with Crippen molar-refractivity contribution in [1.29, 1.82) is 0 Å². The van der Waals surface area contributed by atoms with E-state index in [4.69, 9.17) is 25.8 Å². The Kier molecular flexibility index (Phi) is 8.11. The number of hydrogen-bond donors (Lipinski definition) is 2. The number of imide groups is 2. The number of para-hydroxylation sites is 2. The number of halogens is 2. The third-order valence-electron chi connectivity index (χ3n) is 5.48. The lowest BCUT2D eigenvalue weighted by Crippen LogP contribution is -2.54. The maximum Gasteiger partial charge on any atom is 0.335 e. The van der Waals surface area contributed by atoms with Crippen molar-refractivity contribution in [2.45, 2.75) is 0 Å². The Morgan fingerprint density at radius 2 is 1.72 bits per heavy atom. The van der Waals surface area contributed by atoms with Gasteiger partial charge >= 0.3 is 6.03 Å². The van der Waals surface area contributed by atoms with Crippen LogP contribution < -0.4 is 29.7 Å². The Morgan fingerprint density at radius 1 is 1.03 bits per heavy atom. The molecule has 1 fully saturated rings. The van der Waals surface area contributed by atoms with Gasteiger partial charge in [0.15, 0.2) is 18.1 Å². The van der Waals surface area contributed by atoms with E-state index >= 15 is 0 Å². The summed E-state index contributed by atoms with van der Waals surface area (Å²) in [5.74, 6) is -2.24. The van der Waals surface area contributed by atoms with Gasteiger partial charge in [-0.2, -0.15) is 0 Å². The van der Waals surface area contributed by atoms with Gasteiger partial charge in [0.1, 0.15) is 17.1 Å². The highest BCUT2D eigenvalue weighted by Crippen LogP contribution is 2.37. The Labute approximate surface area is 226 Å². The van der Waals surface area contributed by atoms with Gasteiger partial charge in [-0.15, -0.1) is 0 Å². The summed E-state index contributed by atoms with van der Waals surface area (Å²) >= 11 is 6.39. The molecule has 1 aliphatic rings. The molecule has 200 valence electrons. The normalized spacial score (nSPS) is 14.2. The van der Waals surface area contributed by atoms with Crippen molar-refractivity contribution in [3.63, 3.8) is 0 Å². The SMILES string of the molecule is COc1ccccc1NC(=O)COc1c(Cl)cc(/C=C2\C(=O)NC(=O)N(c3ccc(F)cc3)C2=O)cc1OC. The van der Waals surface area contributed by atoms with Gasteiger partial charge < -0.3 is 19.5 Å². The van der Waals surface area contributed by atoms with Crippen LogP contribution in [0.4, 0.5) is 20.6 Å².